The second-order valence-corrected chi connectivity index (χ2v) is 5.46. The summed E-state index contributed by atoms with van der Waals surface area (Å²) in [5.41, 5.74) is 0.746. The van der Waals surface area contributed by atoms with Gasteiger partial charge < -0.3 is 9.47 Å². The van der Waals surface area contributed by atoms with E-state index in [0.717, 1.165) is 43.9 Å². The van der Waals surface area contributed by atoms with Crippen molar-refractivity contribution in [2.45, 2.75) is 38.8 Å². The molecule has 1 aromatic rings. The summed E-state index contributed by atoms with van der Waals surface area (Å²) in [4.78, 5) is 14.8. The Morgan fingerprint density at radius 3 is 2.43 bits per heavy atom. The third-order valence-corrected chi connectivity index (χ3v) is 4.18. The summed E-state index contributed by atoms with van der Waals surface area (Å²) in [5, 5.41) is 0. The topological polar surface area (TPSA) is 38.8 Å². The van der Waals surface area contributed by atoms with Crippen LogP contribution in [0, 0.1) is 0 Å². The number of carbonyl (C=O) groups is 1. The molecule has 0 bridgehead atoms. The lowest BCUT2D eigenvalue weighted by Gasteiger charge is -2.35. The van der Waals surface area contributed by atoms with Crippen LogP contribution >= 0.6 is 0 Å². The van der Waals surface area contributed by atoms with E-state index in [9.17, 15) is 4.79 Å². The normalized spacial score (nSPS) is 18.4. The second kappa shape index (κ2) is 7.57. The van der Waals surface area contributed by atoms with Gasteiger partial charge in [0.1, 0.15) is 5.75 Å². The Morgan fingerprint density at radius 2 is 1.90 bits per heavy atom. The van der Waals surface area contributed by atoms with Gasteiger partial charge in [0.15, 0.2) is 5.78 Å². The highest BCUT2D eigenvalue weighted by Gasteiger charge is 2.27. The van der Waals surface area contributed by atoms with Gasteiger partial charge in [-0.3, -0.25) is 9.69 Å². The highest BCUT2D eigenvalue weighted by Crippen LogP contribution is 2.19. The van der Waals surface area contributed by atoms with Crippen molar-refractivity contribution in [1.29, 1.82) is 0 Å². The van der Waals surface area contributed by atoms with Gasteiger partial charge >= 0.3 is 0 Å². The Kier molecular flexibility index (Phi) is 5.76. The number of carbonyl (C=O) groups excluding carboxylic acids is 1. The SMILES string of the molecule is CCOC1CCN(C(C)C(=O)c2ccc(OC)cc2)CC1. The molecule has 1 aliphatic heterocycles. The van der Waals surface area contributed by atoms with Crippen LogP contribution in [0.25, 0.3) is 0 Å². The Morgan fingerprint density at radius 1 is 1.29 bits per heavy atom. The zero-order valence-electron chi connectivity index (χ0n) is 13.2. The fourth-order valence-corrected chi connectivity index (χ4v) is 2.83. The van der Waals surface area contributed by atoms with Gasteiger partial charge in [-0.1, -0.05) is 0 Å². The fourth-order valence-electron chi connectivity index (χ4n) is 2.83. The zero-order valence-corrected chi connectivity index (χ0v) is 13.2. The van der Waals surface area contributed by atoms with Crippen molar-refractivity contribution < 1.29 is 14.3 Å². The number of likely N-dealkylation sites (tertiary alicyclic amines) is 1. The average Bonchev–Trinajstić information content (AvgIpc) is 2.54. The lowest BCUT2D eigenvalue weighted by atomic mass is 10.0. The first-order chi connectivity index (χ1) is 10.2. The van der Waals surface area contributed by atoms with E-state index in [-0.39, 0.29) is 11.8 Å². The molecule has 116 valence electrons. The van der Waals surface area contributed by atoms with Gasteiger partial charge in [0.05, 0.1) is 19.3 Å². The van der Waals surface area contributed by atoms with Crippen LogP contribution in [0.3, 0.4) is 0 Å². The maximum absolute atomic E-state index is 12.5. The van der Waals surface area contributed by atoms with E-state index in [1.165, 1.54) is 0 Å². The largest absolute Gasteiger partial charge is 0.497 e. The number of hydrogen-bond donors (Lipinski definition) is 0. The molecule has 1 aliphatic rings. The Bertz CT molecular complexity index is 450. The molecule has 0 radical (unpaired) electrons. The first kappa shape index (κ1) is 16.0. The molecule has 0 N–H and O–H groups in total. The van der Waals surface area contributed by atoms with Crippen molar-refractivity contribution in [3.8, 4) is 5.75 Å². The third-order valence-electron chi connectivity index (χ3n) is 4.18. The quantitative estimate of drug-likeness (QED) is 0.756. The van der Waals surface area contributed by atoms with Crippen molar-refractivity contribution >= 4 is 5.78 Å². The molecule has 4 nitrogen and oxygen atoms in total. The molecule has 1 aromatic carbocycles. The van der Waals surface area contributed by atoms with E-state index in [2.05, 4.69) is 4.90 Å². The highest BCUT2D eigenvalue weighted by molar-refractivity contribution is 5.99. The molecule has 0 saturated carbocycles. The van der Waals surface area contributed by atoms with Crippen LogP contribution in [-0.2, 0) is 4.74 Å². The van der Waals surface area contributed by atoms with Gasteiger partial charge in [-0.25, -0.2) is 0 Å². The van der Waals surface area contributed by atoms with Crippen molar-refractivity contribution in [3.05, 3.63) is 29.8 Å². The molecule has 0 aromatic heterocycles. The van der Waals surface area contributed by atoms with E-state index < -0.39 is 0 Å². The summed E-state index contributed by atoms with van der Waals surface area (Å²) >= 11 is 0. The van der Waals surface area contributed by atoms with E-state index in [4.69, 9.17) is 9.47 Å². The van der Waals surface area contributed by atoms with Crippen LogP contribution < -0.4 is 4.74 Å². The van der Waals surface area contributed by atoms with E-state index in [1.54, 1.807) is 7.11 Å². The minimum absolute atomic E-state index is 0.0824. The van der Waals surface area contributed by atoms with Crippen LogP contribution in [-0.4, -0.2) is 49.6 Å². The molecule has 1 fully saturated rings. The smallest absolute Gasteiger partial charge is 0.179 e. The maximum Gasteiger partial charge on any atom is 0.179 e. The van der Waals surface area contributed by atoms with E-state index in [1.807, 2.05) is 38.1 Å². The van der Waals surface area contributed by atoms with Gasteiger partial charge in [-0.2, -0.15) is 0 Å². The standard InChI is InChI=1S/C17H25NO3/c1-4-21-16-9-11-18(12-10-16)13(2)17(19)14-5-7-15(20-3)8-6-14/h5-8,13,16H,4,9-12H2,1-3H3. The maximum atomic E-state index is 12.5. The summed E-state index contributed by atoms with van der Waals surface area (Å²) < 4.78 is 10.8. The fraction of sp³-hybridized carbons (Fsp3) is 0.588. The number of nitrogens with zero attached hydrogens (tertiary/aromatic N) is 1. The first-order valence-electron chi connectivity index (χ1n) is 7.69. The van der Waals surface area contributed by atoms with Crippen LogP contribution in [0.15, 0.2) is 24.3 Å². The molecule has 21 heavy (non-hydrogen) atoms. The Balaban J connectivity index is 1.93. The minimum Gasteiger partial charge on any atom is -0.497 e. The Labute approximate surface area is 127 Å². The highest BCUT2D eigenvalue weighted by atomic mass is 16.5. The molecule has 0 aliphatic carbocycles. The number of methoxy groups -OCH3 is 1. The monoisotopic (exact) mass is 291 g/mol. The zero-order chi connectivity index (χ0) is 15.2. The lowest BCUT2D eigenvalue weighted by molar-refractivity contribution is 0.00677. The second-order valence-electron chi connectivity index (χ2n) is 5.46. The molecule has 0 amide bonds. The number of Topliss-reactive ketones (excluding diaryl/α,β-unsaturated/α-hetero) is 1. The number of piperidine rings is 1. The summed E-state index contributed by atoms with van der Waals surface area (Å²) in [6.07, 6.45) is 2.37. The summed E-state index contributed by atoms with van der Waals surface area (Å²) in [6.45, 7) is 6.64. The molecular formula is C17H25NO3. The lowest BCUT2D eigenvalue weighted by Crippen LogP contribution is -2.45. The van der Waals surface area contributed by atoms with Crippen LogP contribution in [0.1, 0.15) is 37.0 Å². The van der Waals surface area contributed by atoms with E-state index >= 15 is 0 Å². The summed E-state index contributed by atoms with van der Waals surface area (Å²) in [5.74, 6) is 0.948. The van der Waals surface area contributed by atoms with Crippen LogP contribution in [0.5, 0.6) is 5.75 Å². The van der Waals surface area contributed by atoms with Gasteiger partial charge in [0.25, 0.3) is 0 Å². The van der Waals surface area contributed by atoms with Crippen molar-refractivity contribution in [2.75, 3.05) is 26.8 Å². The predicted octanol–water partition coefficient (Wildman–Crippen LogP) is 2.77. The van der Waals surface area contributed by atoms with E-state index in [0.29, 0.717) is 6.10 Å². The molecule has 4 heteroatoms. The van der Waals surface area contributed by atoms with Gasteiger partial charge in [-0.15, -0.1) is 0 Å². The van der Waals surface area contributed by atoms with Crippen molar-refractivity contribution in [1.82, 2.24) is 4.90 Å². The van der Waals surface area contributed by atoms with Gasteiger partial charge in [-0.05, 0) is 51.0 Å². The minimum atomic E-state index is -0.0824. The number of ether oxygens (including phenoxy) is 2. The van der Waals surface area contributed by atoms with Gasteiger partial charge in [0, 0.05) is 25.3 Å². The number of rotatable bonds is 6. The van der Waals surface area contributed by atoms with Gasteiger partial charge in [0.2, 0.25) is 0 Å². The molecule has 1 atom stereocenters. The van der Waals surface area contributed by atoms with Crippen LogP contribution in [0.2, 0.25) is 0 Å². The molecule has 2 rings (SSSR count). The van der Waals surface area contributed by atoms with Crippen molar-refractivity contribution in [3.63, 3.8) is 0 Å². The number of hydrogen-bond acceptors (Lipinski definition) is 4. The average molecular weight is 291 g/mol. The Hall–Kier alpha value is -1.39. The van der Waals surface area contributed by atoms with Crippen LogP contribution in [0.4, 0.5) is 0 Å². The number of ketones is 1. The molecule has 1 unspecified atom stereocenters. The number of benzene rings is 1. The third kappa shape index (κ3) is 4.05. The molecule has 1 heterocycles. The molecular weight excluding hydrogens is 266 g/mol. The van der Waals surface area contributed by atoms with Crippen molar-refractivity contribution in [2.24, 2.45) is 0 Å². The summed E-state index contributed by atoms with van der Waals surface area (Å²) in [6, 6.07) is 7.26. The first-order valence-corrected chi connectivity index (χ1v) is 7.69. The predicted molar refractivity (Wildman–Crippen MR) is 83.0 cm³/mol. The summed E-state index contributed by atoms with van der Waals surface area (Å²) in [7, 11) is 1.63. The molecule has 0 spiro atoms. The molecule has 1 saturated heterocycles.